The molecule has 266 valence electrons. The first kappa shape index (κ1) is 37.6. The predicted molar refractivity (Wildman–Crippen MR) is 191 cm³/mol. The smallest absolute Gasteiger partial charge is 0.338 e. The number of thioether (sulfide) groups is 1. The second-order valence-electron chi connectivity index (χ2n) is 13.1. The molecule has 3 aromatic rings. The highest BCUT2D eigenvalue weighted by molar-refractivity contribution is 8.00. The normalized spacial score (nSPS) is 28.0. The first-order valence-electron chi connectivity index (χ1n) is 16.5. The van der Waals surface area contributed by atoms with Crippen molar-refractivity contribution in [1.29, 1.82) is 0 Å². The van der Waals surface area contributed by atoms with E-state index in [2.05, 4.69) is 4.72 Å². The highest BCUT2D eigenvalue weighted by atomic mass is 32.2. The summed E-state index contributed by atoms with van der Waals surface area (Å²) in [5.74, 6) is -2.62. The first-order valence-corrected chi connectivity index (χ1v) is 18.5. The number of hydrogen-bond acceptors (Lipinski definition) is 10. The van der Waals surface area contributed by atoms with Gasteiger partial charge in [0.05, 0.1) is 22.7 Å². The van der Waals surface area contributed by atoms with Crippen LogP contribution < -0.4 is 4.72 Å². The minimum absolute atomic E-state index is 0.212. The number of esters is 3. The Morgan fingerprint density at radius 1 is 0.820 bits per heavy atom. The lowest BCUT2D eigenvalue weighted by atomic mass is 9.87. The van der Waals surface area contributed by atoms with Gasteiger partial charge in [0.1, 0.15) is 23.0 Å². The van der Waals surface area contributed by atoms with Crippen LogP contribution in [0.25, 0.3) is 0 Å². The molecule has 0 aliphatic carbocycles. The molecule has 50 heavy (non-hydrogen) atoms. The van der Waals surface area contributed by atoms with Crippen molar-refractivity contribution >= 4 is 41.0 Å². The van der Waals surface area contributed by atoms with Crippen LogP contribution in [0.1, 0.15) is 65.2 Å². The van der Waals surface area contributed by atoms with E-state index in [-0.39, 0.29) is 22.6 Å². The van der Waals surface area contributed by atoms with E-state index in [9.17, 15) is 23.3 Å². The molecule has 0 radical (unpaired) electrons. The number of allylic oxidation sites excluding steroid dienone is 1. The maximum atomic E-state index is 14.5. The Hall–Kier alpha value is -3.68. The SMILES string of the molecule is C[C@@H]1/C=C\C[C@@H](CF)S[C@H]2O[C@H]([C@@H]1N[S+]([O-])C(C)(C)C)[C@H](OC(=O)c1ccccc1)[C@H](OC(=O)c1ccccc1)[C@H]2OC(=O)c1ccccc1. The fraction of sp³-hybridized carbons (Fsp3) is 0.395. The van der Waals surface area contributed by atoms with E-state index in [4.69, 9.17) is 18.9 Å². The van der Waals surface area contributed by atoms with Crippen LogP contribution in [-0.4, -0.2) is 75.0 Å². The van der Waals surface area contributed by atoms with Crippen molar-refractivity contribution < 1.29 is 42.3 Å². The van der Waals surface area contributed by atoms with Crippen LogP contribution in [-0.2, 0) is 30.3 Å². The minimum Gasteiger partial charge on any atom is -0.598 e. The molecule has 0 aromatic heterocycles. The van der Waals surface area contributed by atoms with Gasteiger partial charge >= 0.3 is 17.9 Å². The summed E-state index contributed by atoms with van der Waals surface area (Å²) in [7, 11) is 0. The van der Waals surface area contributed by atoms with Gasteiger partial charge in [0.2, 0.25) is 0 Å². The summed E-state index contributed by atoms with van der Waals surface area (Å²) in [6.07, 6.45) is -1.20. The van der Waals surface area contributed by atoms with E-state index in [1.165, 1.54) is 0 Å². The molecule has 0 amide bonds. The molecule has 2 aliphatic heterocycles. The second kappa shape index (κ2) is 17.0. The summed E-state index contributed by atoms with van der Waals surface area (Å²) in [5, 5.41) is -0.607. The quantitative estimate of drug-likeness (QED) is 0.114. The molecule has 1 N–H and O–H groups in total. The molecule has 3 aromatic carbocycles. The third kappa shape index (κ3) is 9.35. The van der Waals surface area contributed by atoms with E-state index < -0.39 is 81.8 Å². The summed E-state index contributed by atoms with van der Waals surface area (Å²) >= 11 is -0.520. The highest BCUT2D eigenvalue weighted by Crippen LogP contribution is 2.40. The molecule has 9 atom stereocenters. The Kier molecular flexibility index (Phi) is 12.8. The number of ether oxygens (including phenoxy) is 4. The zero-order valence-corrected chi connectivity index (χ0v) is 29.9. The Labute approximate surface area is 299 Å². The van der Waals surface area contributed by atoms with Crippen LogP contribution in [0.4, 0.5) is 4.39 Å². The van der Waals surface area contributed by atoms with Crippen LogP contribution in [0, 0.1) is 5.92 Å². The van der Waals surface area contributed by atoms with E-state index in [1.807, 2.05) is 39.8 Å². The number of fused-ring (bicyclic) bond motifs is 2. The molecular weight excluding hydrogens is 682 g/mol. The van der Waals surface area contributed by atoms with Gasteiger partial charge in [-0.2, -0.15) is 0 Å². The Balaban J connectivity index is 1.66. The van der Waals surface area contributed by atoms with Crippen molar-refractivity contribution in [2.24, 2.45) is 5.92 Å². The van der Waals surface area contributed by atoms with Crippen LogP contribution in [0.3, 0.4) is 0 Å². The van der Waals surface area contributed by atoms with Gasteiger partial charge in [-0.05, 0) is 69.5 Å². The topological polar surface area (TPSA) is 123 Å². The molecule has 2 heterocycles. The predicted octanol–water partition coefficient (Wildman–Crippen LogP) is 6.48. The molecule has 1 fully saturated rings. The number of hydrogen-bond donors (Lipinski definition) is 1. The largest absolute Gasteiger partial charge is 0.598 e. The summed E-state index contributed by atoms with van der Waals surface area (Å²) in [5.41, 5.74) is -0.421. The van der Waals surface area contributed by atoms with Gasteiger partial charge in [-0.1, -0.05) is 73.7 Å². The molecule has 2 aliphatic rings. The Morgan fingerprint density at radius 3 is 1.74 bits per heavy atom. The number of halogens is 1. The molecular formula is C38H42FNO8S2. The molecule has 0 saturated carbocycles. The zero-order valence-electron chi connectivity index (χ0n) is 28.3. The summed E-state index contributed by atoms with van der Waals surface area (Å²) in [4.78, 5) is 41.2. The molecule has 2 bridgehead atoms. The molecule has 12 heteroatoms. The van der Waals surface area contributed by atoms with E-state index in [0.29, 0.717) is 6.42 Å². The maximum absolute atomic E-state index is 14.5. The molecule has 1 unspecified atom stereocenters. The van der Waals surface area contributed by atoms with E-state index >= 15 is 0 Å². The number of nitrogens with one attached hydrogen (secondary N) is 1. The average Bonchev–Trinajstić information content (AvgIpc) is 3.12. The lowest BCUT2D eigenvalue weighted by molar-refractivity contribution is -0.207. The second-order valence-corrected chi connectivity index (χ2v) is 16.5. The minimum atomic E-state index is -1.62. The van der Waals surface area contributed by atoms with Gasteiger partial charge in [-0.25, -0.2) is 18.8 Å². The number of rotatable bonds is 9. The van der Waals surface area contributed by atoms with Gasteiger partial charge in [-0.3, -0.25) is 0 Å². The van der Waals surface area contributed by atoms with Crippen molar-refractivity contribution in [3.8, 4) is 0 Å². The number of carbonyl (C=O) groups is 3. The van der Waals surface area contributed by atoms with Crippen molar-refractivity contribution in [3.63, 3.8) is 0 Å². The van der Waals surface area contributed by atoms with Gasteiger partial charge in [0, 0.05) is 16.6 Å². The maximum Gasteiger partial charge on any atom is 0.338 e. The van der Waals surface area contributed by atoms with Crippen molar-refractivity contribution in [2.45, 2.75) is 80.0 Å². The first-order chi connectivity index (χ1) is 24.0. The van der Waals surface area contributed by atoms with Gasteiger partial charge < -0.3 is 23.5 Å². The van der Waals surface area contributed by atoms with Gasteiger partial charge in [-0.15, -0.1) is 16.5 Å². The zero-order chi connectivity index (χ0) is 35.8. The van der Waals surface area contributed by atoms with Crippen LogP contribution >= 0.6 is 11.8 Å². The molecule has 1 saturated heterocycles. The van der Waals surface area contributed by atoms with E-state index in [0.717, 1.165) is 11.8 Å². The highest BCUT2D eigenvalue weighted by Gasteiger charge is 2.57. The lowest BCUT2D eigenvalue weighted by Crippen LogP contribution is -2.67. The van der Waals surface area contributed by atoms with Crippen molar-refractivity contribution in [2.75, 3.05) is 6.67 Å². The summed E-state index contributed by atoms with van der Waals surface area (Å²) in [6, 6.07) is 24.0. The number of carbonyl (C=O) groups excluding carboxylic acids is 3. The fourth-order valence-electron chi connectivity index (χ4n) is 5.61. The third-order valence-corrected chi connectivity index (χ3v) is 11.3. The Bertz CT molecular complexity index is 1610. The van der Waals surface area contributed by atoms with Crippen LogP contribution in [0.2, 0.25) is 0 Å². The number of benzene rings is 3. The average molecular weight is 724 g/mol. The van der Waals surface area contributed by atoms with E-state index in [1.54, 1.807) is 91.0 Å². The fourth-order valence-corrected chi connectivity index (χ4v) is 7.79. The molecule has 9 nitrogen and oxygen atoms in total. The van der Waals surface area contributed by atoms with Gasteiger partial charge in [0.25, 0.3) is 0 Å². The lowest BCUT2D eigenvalue weighted by Gasteiger charge is -2.48. The molecule has 5 rings (SSSR count). The summed E-state index contributed by atoms with van der Waals surface area (Å²) in [6.45, 7) is 6.62. The monoisotopic (exact) mass is 723 g/mol. The van der Waals surface area contributed by atoms with Crippen LogP contribution in [0.5, 0.6) is 0 Å². The standard InChI is InChI=1S/C38H42FNO8S2/c1-24-15-14-22-28(23-39)49-37-33(47-36(43)27-20-12-7-13-21-27)32(46-35(42)26-18-10-6-11-19-26)31(45-34(41)25-16-8-5-9-17-25)30(48-37)29(24)40-50(44)38(2,3)4/h5-21,24,28-33,37,40H,22-23H2,1-4H3/b15-14-/t24-,28+,29-,30-,31+,32+,33-,37-,50?/m1/s1. The number of alkyl halides is 1. The van der Waals surface area contributed by atoms with Crippen LogP contribution in [0.15, 0.2) is 103 Å². The third-order valence-electron chi connectivity index (χ3n) is 8.35. The van der Waals surface area contributed by atoms with Crippen molar-refractivity contribution in [1.82, 2.24) is 4.72 Å². The van der Waals surface area contributed by atoms with Gasteiger partial charge in [0.15, 0.2) is 18.3 Å². The molecule has 0 spiro atoms. The summed E-state index contributed by atoms with van der Waals surface area (Å²) < 4.78 is 56.0. The van der Waals surface area contributed by atoms with Crippen molar-refractivity contribution in [3.05, 3.63) is 120 Å². The Morgan fingerprint density at radius 2 is 1.28 bits per heavy atom.